The molecule has 1 aliphatic rings. The molecule has 12 nitrogen and oxygen atoms in total. The molecule has 2 aromatic heterocycles. The molecule has 0 radical (unpaired) electrons. The molecular formula is C30H29ClN8O4. The highest BCUT2D eigenvalue weighted by molar-refractivity contribution is 6.30. The van der Waals surface area contributed by atoms with E-state index in [4.69, 9.17) is 16.3 Å². The van der Waals surface area contributed by atoms with E-state index in [-0.39, 0.29) is 30.6 Å². The number of imidazole rings is 1. The summed E-state index contributed by atoms with van der Waals surface area (Å²) in [5.41, 5.74) is 4.91. The van der Waals surface area contributed by atoms with Gasteiger partial charge in [0.1, 0.15) is 12.2 Å². The number of hydrogen-bond acceptors (Lipinski definition) is 8. The molecule has 2 aromatic carbocycles. The number of amides is 2. The standard InChI is InChI=1S/C30H29ClN8O4/c1-18-3-9-23(34-28(41)12-6-20-15-21(31)7-10-26(20)39-17-33-37-38-39)30-32-16-25(36-30)22-8-5-19(14-29(42)43-2)13-24(22)35-27(40)11-4-18/h3,5-8,10,12-13,15-17,23H,4,9,11,14H2,1-2H3,(H,32,36)(H,34,41)(H,35,40)/b12-6+,18-3?/t23-/m0/s1. The zero-order valence-electron chi connectivity index (χ0n) is 23.5. The number of ether oxygens (including phenoxy) is 1. The molecule has 3 N–H and O–H groups in total. The van der Waals surface area contributed by atoms with Gasteiger partial charge in [0.2, 0.25) is 11.8 Å². The smallest absolute Gasteiger partial charge is 0.309 e. The average molecular weight is 601 g/mol. The highest BCUT2D eigenvalue weighted by Gasteiger charge is 2.20. The summed E-state index contributed by atoms with van der Waals surface area (Å²) in [4.78, 5) is 45.7. The van der Waals surface area contributed by atoms with E-state index < -0.39 is 6.04 Å². The van der Waals surface area contributed by atoms with Crippen molar-refractivity contribution in [2.24, 2.45) is 0 Å². The Morgan fingerprint density at radius 1 is 1.21 bits per heavy atom. The molecule has 2 bridgehead atoms. The summed E-state index contributed by atoms with van der Waals surface area (Å²) in [6.07, 6.45) is 9.52. The molecule has 5 rings (SSSR count). The van der Waals surface area contributed by atoms with Gasteiger partial charge in [0.25, 0.3) is 0 Å². The lowest BCUT2D eigenvalue weighted by molar-refractivity contribution is -0.139. The van der Waals surface area contributed by atoms with Gasteiger partial charge in [-0.3, -0.25) is 14.4 Å². The molecule has 13 heteroatoms. The predicted octanol–water partition coefficient (Wildman–Crippen LogP) is 4.36. The van der Waals surface area contributed by atoms with Crippen LogP contribution in [0.3, 0.4) is 0 Å². The normalized spacial score (nSPS) is 15.4. The number of nitrogens with zero attached hydrogens (tertiary/aromatic N) is 5. The van der Waals surface area contributed by atoms with E-state index in [0.29, 0.717) is 57.4 Å². The minimum absolute atomic E-state index is 0.0732. The predicted molar refractivity (Wildman–Crippen MR) is 160 cm³/mol. The number of aromatic nitrogens is 6. The second kappa shape index (κ2) is 13.3. The van der Waals surface area contributed by atoms with Crippen molar-refractivity contribution in [1.29, 1.82) is 0 Å². The van der Waals surface area contributed by atoms with Gasteiger partial charge in [-0.2, -0.15) is 4.68 Å². The second-order valence-corrected chi connectivity index (χ2v) is 10.4. The van der Waals surface area contributed by atoms with Crippen molar-refractivity contribution in [3.8, 4) is 16.9 Å². The number of carbonyl (C=O) groups is 3. The topological polar surface area (TPSA) is 157 Å². The third kappa shape index (κ3) is 7.41. The summed E-state index contributed by atoms with van der Waals surface area (Å²) in [7, 11) is 1.33. The fourth-order valence-electron chi connectivity index (χ4n) is 4.64. The first-order valence-corrected chi connectivity index (χ1v) is 13.9. The van der Waals surface area contributed by atoms with E-state index in [1.54, 1.807) is 42.6 Å². The van der Waals surface area contributed by atoms with Crippen LogP contribution in [-0.4, -0.2) is 55.1 Å². The number of nitrogens with one attached hydrogen (secondary N) is 3. The van der Waals surface area contributed by atoms with Gasteiger partial charge in [-0.05, 0) is 66.1 Å². The van der Waals surface area contributed by atoms with Gasteiger partial charge in [0, 0.05) is 28.6 Å². The molecule has 0 fully saturated rings. The van der Waals surface area contributed by atoms with Crippen LogP contribution in [0, 0.1) is 0 Å². The number of hydrogen-bond donors (Lipinski definition) is 3. The fourth-order valence-corrected chi connectivity index (χ4v) is 4.82. The van der Waals surface area contributed by atoms with Gasteiger partial charge in [-0.1, -0.05) is 35.4 Å². The number of carbonyl (C=O) groups excluding carboxylic acids is 3. The lowest BCUT2D eigenvalue weighted by atomic mass is 10.0. The minimum Gasteiger partial charge on any atom is -0.469 e. The van der Waals surface area contributed by atoms with Crippen LogP contribution < -0.4 is 10.6 Å². The van der Waals surface area contributed by atoms with Crippen LogP contribution in [0.15, 0.2) is 66.6 Å². The summed E-state index contributed by atoms with van der Waals surface area (Å²) in [6, 6.07) is 10.1. The fraction of sp³-hybridized carbons (Fsp3) is 0.233. The Hall–Kier alpha value is -5.10. The van der Waals surface area contributed by atoms with Gasteiger partial charge >= 0.3 is 5.97 Å². The second-order valence-electron chi connectivity index (χ2n) is 10.0. The van der Waals surface area contributed by atoms with E-state index in [2.05, 4.69) is 36.1 Å². The van der Waals surface area contributed by atoms with Crippen molar-refractivity contribution in [3.05, 3.63) is 88.6 Å². The molecule has 0 unspecified atom stereocenters. The van der Waals surface area contributed by atoms with Crippen LogP contribution in [0.2, 0.25) is 5.02 Å². The van der Waals surface area contributed by atoms with Crippen molar-refractivity contribution >= 4 is 41.1 Å². The molecular weight excluding hydrogens is 572 g/mol. The maximum atomic E-state index is 13.2. The largest absolute Gasteiger partial charge is 0.469 e. The van der Waals surface area contributed by atoms with Gasteiger partial charge < -0.3 is 20.4 Å². The number of anilines is 1. The summed E-state index contributed by atoms with van der Waals surface area (Å²) in [5.74, 6) is -0.325. The van der Waals surface area contributed by atoms with E-state index in [1.165, 1.54) is 24.2 Å². The number of methoxy groups -OCH3 is 1. The van der Waals surface area contributed by atoms with Crippen LogP contribution in [0.5, 0.6) is 0 Å². The summed E-state index contributed by atoms with van der Waals surface area (Å²) >= 11 is 6.21. The SMILES string of the molecule is COC(=O)Cc1ccc2c(c1)NC(=O)CCC(C)=CC[C@H](NC(=O)/C=C/c1cc(Cl)ccc1-n1cnnn1)c1ncc-2[nH]1. The molecule has 0 saturated carbocycles. The lowest BCUT2D eigenvalue weighted by Gasteiger charge is -2.15. The van der Waals surface area contributed by atoms with Crippen LogP contribution in [0.4, 0.5) is 5.69 Å². The molecule has 220 valence electrons. The highest BCUT2D eigenvalue weighted by Crippen LogP contribution is 2.31. The summed E-state index contributed by atoms with van der Waals surface area (Å²) in [5, 5.41) is 17.8. The lowest BCUT2D eigenvalue weighted by Crippen LogP contribution is -2.27. The Morgan fingerprint density at radius 2 is 2.07 bits per heavy atom. The highest BCUT2D eigenvalue weighted by atomic mass is 35.5. The van der Waals surface area contributed by atoms with E-state index >= 15 is 0 Å². The number of rotatable bonds is 6. The maximum absolute atomic E-state index is 13.2. The number of benzene rings is 2. The number of esters is 1. The number of aromatic amines is 1. The first kappa shape index (κ1) is 29.4. The molecule has 0 saturated heterocycles. The van der Waals surface area contributed by atoms with E-state index in [0.717, 1.165) is 5.57 Å². The minimum atomic E-state index is -0.481. The molecule has 0 aliphatic carbocycles. The van der Waals surface area contributed by atoms with E-state index in [9.17, 15) is 14.4 Å². The van der Waals surface area contributed by atoms with Crippen LogP contribution in [-0.2, 0) is 25.5 Å². The summed E-state index contributed by atoms with van der Waals surface area (Å²) in [6.45, 7) is 1.95. The Balaban J connectivity index is 1.43. The van der Waals surface area contributed by atoms with Crippen molar-refractivity contribution in [3.63, 3.8) is 0 Å². The zero-order chi connectivity index (χ0) is 30.3. The van der Waals surface area contributed by atoms with Gasteiger partial charge in [0.05, 0.1) is 42.8 Å². The van der Waals surface area contributed by atoms with Crippen LogP contribution >= 0.6 is 11.6 Å². The first-order valence-electron chi connectivity index (χ1n) is 13.5. The number of H-pyrrole nitrogens is 1. The molecule has 1 atom stereocenters. The van der Waals surface area contributed by atoms with Crippen molar-refractivity contribution < 1.29 is 19.1 Å². The third-order valence-electron chi connectivity index (χ3n) is 6.91. The Kier molecular flexibility index (Phi) is 9.06. The molecule has 1 aliphatic heterocycles. The van der Waals surface area contributed by atoms with Gasteiger partial charge in [-0.15, -0.1) is 5.10 Å². The average Bonchev–Trinajstić information content (AvgIpc) is 3.70. The molecule has 4 aromatic rings. The maximum Gasteiger partial charge on any atom is 0.309 e. The molecule has 0 spiro atoms. The first-order chi connectivity index (χ1) is 20.8. The summed E-state index contributed by atoms with van der Waals surface area (Å²) < 4.78 is 6.27. The quantitative estimate of drug-likeness (QED) is 0.167. The number of tetrazole rings is 1. The van der Waals surface area contributed by atoms with Crippen molar-refractivity contribution in [1.82, 2.24) is 35.5 Å². The monoisotopic (exact) mass is 600 g/mol. The van der Waals surface area contributed by atoms with Crippen LogP contribution in [0.1, 0.15) is 49.2 Å². The Morgan fingerprint density at radius 3 is 2.86 bits per heavy atom. The van der Waals surface area contributed by atoms with Gasteiger partial charge in [-0.25, -0.2) is 4.98 Å². The molecule has 43 heavy (non-hydrogen) atoms. The number of allylic oxidation sites excluding steroid dienone is 1. The Labute approximate surface area is 252 Å². The molecule has 3 heterocycles. The number of fused-ring (bicyclic) bond motifs is 4. The van der Waals surface area contributed by atoms with Gasteiger partial charge in [0.15, 0.2) is 0 Å². The third-order valence-corrected chi connectivity index (χ3v) is 7.15. The van der Waals surface area contributed by atoms with Crippen molar-refractivity contribution in [2.45, 2.75) is 38.6 Å². The Bertz CT molecular complexity index is 1710. The van der Waals surface area contributed by atoms with E-state index in [1.807, 2.05) is 19.1 Å². The van der Waals surface area contributed by atoms with Crippen LogP contribution in [0.25, 0.3) is 23.0 Å². The zero-order valence-corrected chi connectivity index (χ0v) is 24.3. The van der Waals surface area contributed by atoms with Crippen molar-refractivity contribution in [2.75, 3.05) is 12.4 Å². The molecule has 2 amide bonds. The number of halogens is 1.